The molecule has 0 bridgehead atoms. The Bertz CT molecular complexity index is 413. The van der Waals surface area contributed by atoms with Gasteiger partial charge in [-0.25, -0.2) is 0 Å². The summed E-state index contributed by atoms with van der Waals surface area (Å²) in [6.07, 6.45) is 0.669. The van der Waals surface area contributed by atoms with Crippen molar-refractivity contribution in [2.24, 2.45) is 0 Å². The summed E-state index contributed by atoms with van der Waals surface area (Å²) in [5, 5.41) is 11.0. The van der Waals surface area contributed by atoms with Gasteiger partial charge in [0.1, 0.15) is 5.75 Å². The number of nitro benzene ring substituents is 1. The minimum absolute atomic E-state index is 0.0456. The zero-order chi connectivity index (χ0) is 14.1. The molecule has 0 saturated carbocycles. The molecule has 0 atom stereocenters. The van der Waals surface area contributed by atoms with E-state index in [-0.39, 0.29) is 5.69 Å². The van der Waals surface area contributed by atoms with E-state index in [2.05, 4.69) is 0 Å². The van der Waals surface area contributed by atoms with Gasteiger partial charge >= 0.3 is 0 Å². The number of methoxy groups -OCH3 is 1. The van der Waals surface area contributed by atoms with Crippen molar-refractivity contribution in [3.63, 3.8) is 0 Å². The third kappa shape index (κ3) is 5.87. The van der Waals surface area contributed by atoms with E-state index in [1.807, 2.05) is 0 Å². The van der Waals surface area contributed by atoms with Crippen molar-refractivity contribution in [2.45, 2.75) is 6.42 Å². The summed E-state index contributed by atoms with van der Waals surface area (Å²) in [4.78, 5) is 10.1. The highest BCUT2D eigenvalue weighted by Crippen LogP contribution is 2.28. The molecule has 106 valence electrons. The van der Waals surface area contributed by atoms with Crippen LogP contribution in [0.25, 0.3) is 0 Å². The van der Waals surface area contributed by atoms with Crippen molar-refractivity contribution in [1.29, 1.82) is 0 Å². The van der Waals surface area contributed by atoms with Crippen LogP contribution in [0.5, 0.6) is 5.75 Å². The number of halogens is 1. The Kier molecular flexibility index (Phi) is 7.17. The number of hydrogen-bond donors (Lipinski definition) is 0. The molecule has 0 radical (unpaired) electrons. The first kappa shape index (κ1) is 15.7. The standard InChI is InChI=1S/C12H16ClNO5/c1-17-7-8-18-5-2-6-19-12-9-10(14(15)16)3-4-11(12)13/h3-4,9H,2,5-8H2,1H3. The molecule has 0 amide bonds. The highest BCUT2D eigenvalue weighted by molar-refractivity contribution is 6.32. The molecule has 6 nitrogen and oxygen atoms in total. The maximum absolute atomic E-state index is 10.6. The van der Waals surface area contributed by atoms with Crippen LogP contribution in [0.15, 0.2) is 18.2 Å². The molecule has 0 fully saturated rings. The molecule has 0 spiro atoms. The lowest BCUT2D eigenvalue weighted by Crippen LogP contribution is -2.07. The van der Waals surface area contributed by atoms with E-state index < -0.39 is 4.92 Å². The van der Waals surface area contributed by atoms with Crippen molar-refractivity contribution in [3.8, 4) is 5.75 Å². The summed E-state index contributed by atoms with van der Waals surface area (Å²) in [6, 6.07) is 4.10. The molecular weight excluding hydrogens is 274 g/mol. The van der Waals surface area contributed by atoms with Gasteiger partial charge in [0, 0.05) is 26.2 Å². The minimum atomic E-state index is -0.489. The summed E-state index contributed by atoms with van der Waals surface area (Å²) in [7, 11) is 1.61. The van der Waals surface area contributed by atoms with E-state index in [1.54, 1.807) is 7.11 Å². The second-order valence-electron chi connectivity index (χ2n) is 3.68. The molecule has 0 saturated heterocycles. The summed E-state index contributed by atoms with van der Waals surface area (Å²) in [5.41, 5.74) is -0.0456. The van der Waals surface area contributed by atoms with Gasteiger partial charge in [0.05, 0.1) is 35.8 Å². The molecule has 0 N–H and O–H groups in total. The van der Waals surface area contributed by atoms with Crippen LogP contribution in [-0.2, 0) is 9.47 Å². The van der Waals surface area contributed by atoms with E-state index in [0.717, 1.165) is 0 Å². The Balaban J connectivity index is 2.32. The monoisotopic (exact) mass is 289 g/mol. The molecule has 0 aliphatic heterocycles. The van der Waals surface area contributed by atoms with Gasteiger partial charge in [0.25, 0.3) is 5.69 Å². The highest BCUT2D eigenvalue weighted by atomic mass is 35.5. The van der Waals surface area contributed by atoms with E-state index >= 15 is 0 Å². The Labute approximate surface area is 116 Å². The van der Waals surface area contributed by atoms with E-state index in [1.165, 1.54) is 18.2 Å². The van der Waals surface area contributed by atoms with Gasteiger partial charge in [-0.1, -0.05) is 11.6 Å². The molecule has 0 unspecified atom stereocenters. The Morgan fingerprint density at radius 3 is 2.74 bits per heavy atom. The van der Waals surface area contributed by atoms with Crippen LogP contribution in [0, 0.1) is 10.1 Å². The molecule has 1 rings (SSSR count). The number of nitro groups is 1. The lowest BCUT2D eigenvalue weighted by molar-refractivity contribution is -0.384. The van der Waals surface area contributed by atoms with Gasteiger partial charge in [-0.3, -0.25) is 10.1 Å². The van der Waals surface area contributed by atoms with Crippen LogP contribution in [-0.4, -0.2) is 38.5 Å². The van der Waals surface area contributed by atoms with Gasteiger partial charge in [0.15, 0.2) is 0 Å². The molecule has 1 aromatic rings. The van der Waals surface area contributed by atoms with Crippen molar-refractivity contribution >= 4 is 17.3 Å². The van der Waals surface area contributed by atoms with Gasteiger partial charge in [-0.05, 0) is 6.07 Å². The smallest absolute Gasteiger partial charge is 0.273 e. The molecule has 19 heavy (non-hydrogen) atoms. The second-order valence-corrected chi connectivity index (χ2v) is 4.09. The van der Waals surface area contributed by atoms with Gasteiger partial charge in [-0.2, -0.15) is 0 Å². The maximum atomic E-state index is 10.6. The molecule has 0 aliphatic rings. The molecule has 1 aromatic carbocycles. The number of rotatable bonds is 9. The largest absolute Gasteiger partial charge is 0.492 e. The summed E-state index contributed by atoms with van der Waals surface area (Å²) < 4.78 is 15.5. The zero-order valence-electron chi connectivity index (χ0n) is 10.6. The third-order valence-electron chi connectivity index (χ3n) is 2.25. The Morgan fingerprint density at radius 2 is 2.05 bits per heavy atom. The lowest BCUT2D eigenvalue weighted by Gasteiger charge is -2.08. The molecule has 0 heterocycles. The number of hydrogen-bond acceptors (Lipinski definition) is 5. The van der Waals surface area contributed by atoms with Crippen LogP contribution in [0.2, 0.25) is 5.02 Å². The summed E-state index contributed by atoms with van der Waals surface area (Å²) in [6.45, 7) is 2.01. The molecule has 0 aromatic heterocycles. The lowest BCUT2D eigenvalue weighted by atomic mass is 10.3. The fourth-order valence-corrected chi connectivity index (χ4v) is 1.48. The zero-order valence-corrected chi connectivity index (χ0v) is 11.4. The predicted octanol–water partition coefficient (Wildman–Crippen LogP) is 2.68. The van der Waals surface area contributed by atoms with Crippen LogP contribution in [0.4, 0.5) is 5.69 Å². The predicted molar refractivity (Wildman–Crippen MR) is 70.9 cm³/mol. The number of ether oxygens (including phenoxy) is 3. The SMILES string of the molecule is COCCOCCCOc1cc([N+](=O)[O-])ccc1Cl. The first-order chi connectivity index (χ1) is 9.15. The van der Waals surface area contributed by atoms with Gasteiger partial charge < -0.3 is 14.2 Å². The van der Waals surface area contributed by atoms with Crippen LogP contribution in [0.3, 0.4) is 0 Å². The number of nitrogens with zero attached hydrogens (tertiary/aromatic N) is 1. The van der Waals surface area contributed by atoms with Gasteiger partial charge in [0.2, 0.25) is 0 Å². The van der Waals surface area contributed by atoms with Crippen molar-refractivity contribution in [1.82, 2.24) is 0 Å². The second kappa shape index (κ2) is 8.68. The fraction of sp³-hybridized carbons (Fsp3) is 0.500. The highest BCUT2D eigenvalue weighted by Gasteiger charge is 2.10. The fourth-order valence-electron chi connectivity index (χ4n) is 1.30. The average Bonchev–Trinajstić information content (AvgIpc) is 2.39. The number of benzene rings is 1. The topological polar surface area (TPSA) is 70.8 Å². The van der Waals surface area contributed by atoms with Gasteiger partial charge in [-0.15, -0.1) is 0 Å². The Hall–Kier alpha value is -1.37. The quantitative estimate of drug-likeness (QED) is 0.397. The first-order valence-corrected chi connectivity index (χ1v) is 6.16. The Morgan fingerprint density at radius 1 is 1.26 bits per heavy atom. The maximum Gasteiger partial charge on any atom is 0.273 e. The average molecular weight is 290 g/mol. The van der Waals surface area contributed by atoms with Crippen molar-refractivity contribution in [2.75, 3.05) is 33.5 Å². The normalized spacial score (nSPS) is 10.4. The molecular formula is C12H16ClNO5. The van der Waals surface area contributed by atoms with Crippen LogP contribution in [0.1, 0.15) is 6.42 Å². The summed E-state index contributed by atoms with van der Waals surface area (Å²) >= 11 is 5.89. The van der Waals surface area contributed by atoms with Crippen LogP contribution < -0.4 is 4.74 Å². The van der Waals surface area contributed by atoms with Crippen molar-refractivity contribution in [3.05, 3.63) is 33.3 Å². The number of non-ortho nitro benzene ring substituents is 1. The molecule has 7 heteroatoms. The van der Waals surface area contributed by atoms with E-state index in [0.29, 0.717) is 43.6 Å². The minimum Gasteiger partial charge on any atom is -0.492 e. The van der Waals surface area contributed by atoms with E-state index in [9.17, 15) is 10.1 Å². The summed E-state index contributed by atoms with van der Waals surface area (Å²) in [5.74, 6) is 0.313. The van der Waals surface area contributed by atoms with Crippen LogP contribution >= 0.6 is 11.6 Å². The molecule has 0 aliphatic carbocycles. The van der Waals surface area contributed by atoms with E-state index in [4.69, 9.17) is 25.8 Å². The first-order valence-electron chi connectivity index (χ1n) is 5.78. The van der Waals surface area contributed by atoms with Crippen molar-refractivity contribution < 1.29 is 19.1 Å². The third-order valence-corrected chi connectivity index (χ3v) is 2.56.